The molecule has 28 heavy (non-hydrogen) atoms. The molecular formula is C18H29N5O4S. The monoisotopic (exact) mass is 411 g/mol. The third-order valence-electron chi connectivity index (χ3n) is 5.81. The number of aryl methyl sites for hydroxylation is 2. The van der Waals surface area contributed by atoms with Crippen molar-refractivity contribution in [2.24, 2.45) is 17.6 Å². The van der Waals surface area contributed by atoms with Gasteiger partial charge in [-0.2, -0.15) is 9.40 Å². The number of nitrogens with one attached hydrogen (secondary N) is 1. The van der Waals surface area contributed by atoms with E-state index in [-0.39, 0.29) is 35.1 Å². The van der Waals surface area contributed by atoms with Crippen LogP contribution in [0.2, 0.25) is 0 Å². The standard InChI is InChI=1S/C18H29N5O4S/c1-12-17(13(2)21-20-12)28(26,27)23-7-3-4-15(11-23)18(25)22-8-5-14(6-9-22)10-16(19)24/h14-15H,3-11H2,1-2H3,(H2,19,24)(H,20,21)/t15-/m1/s1. The molecule has 2 aliphatic heterocycles. The molecule has 0 bridgehead atoms. The first-order valence-corrected chi connectivity index (χ1v) is 11.2. The fourth-order valence-corrected chi connectivity index (χ4v) is 6.17. The Kier molecular flexibility index (Phi) is 6.09. The molecular weight excluding hydrogens is 382 g/mol. The fraction of sp³-hybridized carbons (Fsp3) is 0.722. The van der Waals surface area contributed by atoms with Gasteiger partial charge in [-0.05, 0) is 45.4 Å². The van der Waals surface area contributed by atoms with Gasteiger partial charge in [0.15, 0.2) is 0 Å². The highest BCUT2D eigenvalue weighted by atomic mass is 32.2. The van der Waals surface area contributed by atoms with Crippen LogP contribution < -0.4 is 5.73 Å². The van der Waals surface area contributed by atoms with Crippen LogP contribution in [0.1, 0.15) is 43.5 Å². The van der Waals surface area contributed by atoms with Gasteiger partial charge in [-0.3, -0.25) is 14.7 Å². The third-order valence-corrected chi connectivity index (χ3v) is 7.94. The Morgan fingerprint density at radius 1 is 1.18 bits per heavy atom. The highest BCUT2D eigenvalue weighted by Gasteiger charge is 2.37. The van der Waals surface area contributed by atoms with Gasteiger partial charge in [-0.1, -0.05) is 0 Å². The number of likely N-dealkylation sites (tertiary alicyclic amines) is 1. The Bertz CT molecular complexity index is 823. The molecule has 2 fully saturated rings. The SMILES string of the molecule is Cc1n[nH]c(C)c1S(=O)(=O)N1CCC[C@@H](C(=O)N2CCC(CC(N)=O)CC2)C1. The van der Waals surface area contributed by atoms with Gasteiger partial charge in [0.2, 0.25) is 21.8 Å². The lowest BCUT2D eigenvalue weighted by atomic mass is 9.91. The van der Waals surface area contributed by atoms with Gasteiger partial charge in [-0.25, -0.2) is 8.42 Å². The van der Waals surface area contributed by atoms with E-state index in [0.29, 0.717) is 50.3 Å². The Morgan fingerprint density at radius 2 is 1.86 bits per heavy atom. The number of hydrogen-bond acceptors (Lipinski definition) is 5. The van der Waals surface area contributed by atoms with Crippen LogP contribution in [0.3, 0.4) is 0 Å². The average Bonchev–Trinajstić information content (AvgIpc) is 3.00. The number of nitrogens with two attached hydrogens (primary N) is 1. The first-order chi connectivity index (χ1) is 13.2. The summed E-state index contributed by atoms with van der Waals surface area (Å²) >= 11 is 0. The molecule has 2 saturated heterocycles. The number of H-pyrrole nitrogens is 1. The van der Waals surface area contributed by atoms with Gasteiger partial charge in [0, 0.05) is 32.6 Å². The number of primary amides is 1. The number of carbonyl (C=O) groups is 2. The molecule has 2 amide bonds. The van der Waals surface area contributed by atoms with Crippen LogP contribution in [-0.4, -0.2) is 65.8 Å². The van der Waals surface area contributed by atoms with Crippen molar-refractivity contribution in [2.75, 3.05) is 26.2 Å². The van der Waals surface area contributed by atoms with Gasteiger partial charge >= 0.3 is 0 Å². The molecule has 0 aliphatic carbocycles. The minimum absolute atomic E-state index is 0.0121. The predicted octanol–water partition coefficient (Wildman–Crippen LogP) is 0.541. The molecule has 0 aromatic carbocycles. The largest absolute Gasteiger partial charge is 0.370 e. The number of aromatic amines is 1. The number of rotatable bonds is 5. The number of carbonyl (C=O) groups excluding carboxylic acids is 2. The minimum Gasteiger partial charge on any atom is -0.370 e. The van der Waals surface area contributed by atoms with Crippen molar-refractivity contribution in [2.45, 2.75) is 50.8 Å². The molecule has 3 rings (SSSR count). The van der Waals surface area contributed by atoms with E-state index in [9.17, 15) is 18.0 Å². The van der Waals surface area contributed by atoms with Gasteiger partial charge < -0.3 is 10.6 Å². The van der Waals surface area contributed by atoms with E-state index in [2.05, 4.69) is 10.2 Å². The quantitative estimate of drug-likeness (QED) is 0.730. The van der Waals surface area contributed by atoms with Crippen LogP contribution in [0, 0.1) is 25.7 Å². The molecule has 9 nitrogen and oxygen atoms in total. The summed E-state index contributed by atoms with van der Waals surface area (Å²) < 4.78 is 27.6. The Morgan fingerprint density at radius 3 is 2.43 bits per heavy atom. The molecule has 1 aromatic heterocycles. The van der Waals surface area contributed by atoms with Crippen molar-refractivity contribution < 1.29 is 18.0 Å². The average molecular weight is 412 g/mol. The van der Waals surface area contributed by atoms with Crippen molar-refractivity contribution in [3.05, 3.63) is 11.4 Å². The van der Waals surface area contributed by atoms with E-state index in [1.165, 1.54) is 4.31 Å². The summed E-state index contributed by atoms with van der Waals surface area (Å²) in [7, 11) is -3.68. The summed E-state index contributed by atoms with van der Waals surface area (Å²) in [5, 5.41) is 6.71. The smallest absolute Gasteiger partial charge is 0.246 e. The molecule has 0 saturated carbocycles. The summed E-state index contributed by atoms with van der Waals surface area (Å²) in [5.41, 5.74) is 6.23. The van der Waals surface area contributed by atoms with Gasteiger partial charge in [0.05, 0.1) is 17.3 Å². The number of nitrogens with zero attached hydrogens (tertiary/aromatic N) is 3. The summed E-state index contributed by atoms with van der Waals surface area (Å²) in [4.78, 5) is 26.1. The number of piperidine rings is 2. The molecule has 3 heterocycles. The van der Waals surface area contributed by atoms with Gasteiger partial charge in [0.1, 0.15) is 4.90 Å². The van der Waals surface area contributed by atoms with Crippen LogP contribution in [-0.2, 0) is 19.6 Å². The number of sulfonamides is 1. The lowest BCUT2D eigenvalue weighted by Crippen LogP contribution is -2.48. The zero-order chi connectivity index (χ0) is 20.5. The van der Waals surface area contributed by atoms with Gasteiger partial charge in [-0.15, -0.1) is 0 Å². The summed E-state index contributed by atoms with van der Waals surface area (Å²) in [6, 6.07) is 0. The summed E-state index contributed by atoms with van der Waals surface area (Å²) in [5.74, 6) is -0.388. The molecule has 1 atom stereocenters. The molecule has 156 valence electrons. The Labute approximate surface area is 165 Å². The zero-order valence-electron chi connectivity index (χ0n) is 16.5. The van der Waals surface area contributed by atoms with Crippen LogP contribution in [0.25, 0.3) is 0 Å². The Balaban J connectivity index is 1.65. The van der Waals surface area contributed by atoms with Crippen LogP contribution in [0.15, 0.2) is 4.90 Å². The Hall–Kier alpha value is -1.94. The van der Waals surface area contributed by atoms with E-state index in [1.807, 2.05) is 4.90 Å². The van der Waals surface area contributed by atoms with E-state index >= 15 is 0 Å². The van der Waals surface area contributed by atoms with Crippen molar-refractivity contribution >= 4 is 21.8 Å². The van der Waals surface area contributed by atoms with Crippen molar-refractivity contribution in [3.8, 4) is 0 Å². The van der Waals surface area contributed by atoms with Crippen molar-refractivity contribution in [1.82, 2.24) is 19.4 Å². The second kappa shape index (κ2) is 8.20. The molecule has 0 unspecified atom stereocenters. The fourth-order valence-electron chi connectivity index (χ4n) is 4.31. The molecule has 0 radical (unpaired) electrons. The van der Waals surface area contributed by atoms with Crippen LogP contribution in [0.5, 0.6) is 0 Å². The topological polar surface area (TPSA) is 129 Å². The molecule has 3 N–H and O–H groups in total. The summed E-state index contributed by atoms with van der Waals surface area (Å²) in [6.45, 7) is 5.16. The first kappa shape index (κ1) is 20.8. The molecule has 0 spiro atoms. The zero-order valence-corrected chi connectivity index (χ0v) is 17.3. The van der Waals surface area contributed by atoms with Crippen molar-refractivity contribution in [1.29, 1.82) is 0 Å². The van der Waals surface area contributed by atoms with E-state index in [4.69, 9.17) is 5.73 Å². The summed E-state index contributed by atoms with van der Waals surface area (Å²) in [6.07, 6.45) is 3.23. The molecule has 2 aliphatic rings. The maximum Gasteiger partial charge on any atom is 0.246 e. The first-order valence-electron chi connectivity index (χ1n) is 9.79. The van der Waals surface area contributed by atoms with Gasteiger partial charge in [0.25, 0.3) is 0 Å². The maximum absolute atomic E-state index is 13.1. The second-order valence-electron chi connectivity index (χ2n) is 7.90. The number of hydrogen-bond donors (Lipinski definition) is 2. The predicted molar refractivity (Wildman–Crippen MR) is 103 cm³/mol. The number of amides is 2. The van der Waals surface area contributed by atoms with Crippen molar-refractivity contribution in [3.63, 3.8) is 0 Å². The van der Waals surface area contributed by atoms with Crippen LogP contribution in [0.4, 0.5) is 0 Å². The molecule has 10 heteroatoms. The van der Waals surface area contributed by atoms with E-state index < -0.39 is 10.0 Å². The highest BCUT2D eigenvalue weighted by Crippen LogP contribution is 2.29. The lowest BCUT2D eigenvalue weighted by molar-refractivity contribution is -0.138. The second-order valence-corrected chi connectivity index (χ2v) is 9.78. The minimum atomic E-state index is -3.68. The maximum atomic E-state index is 13.1. The highest BCUT2D eigenvalue weighted by molar-refractivity contribution is 7.89. The van der Waals surface area contributed by atoms with E-state index in [0.717, 1.165) is 12.8 Å². The normalized spacial score (nSPS) is 22.4. The van der Waals surface area contributed by atoms with E-state index in [1.54, 1.807) is 13.8 Å². The lowest BCUT2D eigenvalue weighted by Gasteiger charge is -2.37. The number of aromatic nitrogens is 2. The third kappa shape index (κ3) is 4.22. The van der Waals surface area contributed by atoms with Crippen LogP contribution >= 0.6 is 0 Å². The molecule has 1 aromatic rings.